The van der Waals surface area contributed by atoms with E-state index >= 15 is 0 Å². The molecule has 1 aliphatic heterocycles. The highest BCUT2D eigenvalue weighted by Gasteiger charge is 2.25. The van der Waals surface area contributed by atoms with Gasteiger partial charge in [0.1, 0.15) is 0 Å². The van der Waals surface area contributed by atoms with Crippen LogP contribution in [0.5, 0.6) is 0 Å². The van der Waals surface area contributed by atoms with Crippen LogP contribution in [0.3, 0.4) is 0 Å². The van der Waals surface area contributed by atoms with Crippen molar-refractivity contribution in [3.8, 4) is 0 Å². The molecule has 1 amide bonds. The normalized spacial score (nSPS) is 18.1. The number of nitrogens with zero attached hydrogens (tertiary/aromatic N) is 1. The number of hydrogen-bond acceptors (Lipinski definition) is 3. The van der Waals surface area contributed by atoms with E-state index in [1.54, 1.807) is 0 Å². The zero-order valence-electron chi connectivity index (χ0n) is 11.1. The maximum atomic E-state index is 11.9. The number of halogens is 3. The fraction of sp³-hybridized carbons (Fsp3) is 0.917. The number of alkyl halides is 3. The average Bonchev–Trinajstić information content (AvgIpc) is 2.55. The molecule has 1 saturated heterocycles. The van der Waals surface area contributed by atoms with Crippen LogP contribution in [0.25, 0.3) is 0 Å². The van der Waals surface area contributed by atoms with E-state index in [0.717, 1.165) is 32.6 Å². The maximum Gasteiger partial charge on any atom is 0.389 e. The van der Waals surface area contributed by atoms with E-state index in [9.17, 15) is 18.0 Å². The third-order valence-corrected chi connectivity index (χ3v) is 3.01. The lowest BCUT2D eigenvalue weighted by atomic mass is 10.2. The van der Waals surface area contributed by atoms with Gasteiger partial charge in [0, 0.05) is 26.1 Å². The van der Waals surface area contributed by atoms with Crippen molar-refractivity contribution >= 4 is 5.91 Å². The Balaban J connectivity index is 2.04. The first kappa shape index (κ1) is 16.2. The van der Waals surface area contributed by atoms with Crippen molar-refractivity contribution in [2.75, 3.05) is 39.3 Å². The highest BCUT2D eigenvalue weighted by molar-refractivity contribution is 5.77. The lowest BCUT2D eigenvalue weighted by Crippen LogP contribution is -2.39. The van der Waals surface area contributed by atoms with Gasteiger partial charge in [-0.3, -0.25) is 9.69 Å². The van der Waals surface area contributed by atoms with E-state index in [-0.39, 0.29) is 12.3 Å². The van der Waals surface area contributed by atoms with E-state index in [4.69, 9.17) is 0 Å². The summed E-state index contributed by atoms with van der Waals surface area (Å²) < 4.78 is 35.7. The van der Waals surface area contributed by atoms with Gasteiger partial charge in [-0.25, -0.2) is 0 Å². The van der Waals surface area contributed by atoms with Crippen molar-refractivity contribution < 1.29 is 18.0 Å². The van der Waals surface area contributed by atoms with Gasteiger partial charge in [0.2, 0.25) is 5.91 Å². The van der Waals surface area contributed by atoms with E-state index in [1.807, 2.05) is 0 Å². The first-order valence-electron chi connectivity index (χ1n) is 6.74. The number of amides is 1. The molecule has 1 rings (SSSR count). The Hall–Kier alpha value is -0.820. The van der Waals surface area contributed by atoms with Crippen molar-refractivity contribution in [2.24, 2.45) is 0 Å². The molecule has 19 heavy (non-hydrogen) atoms. The van der Waals surface area contributed by atoms with Gasteiger partial charge in [0.25, 0.3) is 0 Å². The molecule has 0 unspecified atom stereocenters. The minimum atomic E-state index is -4.09. The first-order valence-corrected chi connectivity index (χ1v) is 6.74. The Bertz CT molecular complexity index is 263. The number of carbonyl (C=O) groups excluding carboxylic acids is 1. The van der Waals surface area contributed by atoms with Gasteiger partial charge in [-0.2, -0.15) is 13.2 Å². The highest BCUT2D eigenvalue weighted by Crippen LogP contribution is 2.21. The van der Waals surface area contributed by atoms with Crippen LogP contribution < -0.4 is 10.6 Å². The smallest absolute Gasteiger partial charge is 0.355 e. The summed E-state index contributed by atoms with van der Waals surface area (Å²) in [5, 5.41) is 5.91. The molecule has 0 bridgehead atoms. The summed E-state index contributed by atoms with van der Waals surface area (Å²) >= 11 is 0. The second-order valence-corrected chi connectivity index (χ2v) is 4.80. The first-order chi connectivity index (χ1) is 8.97. The molecule has 0 atom stereocenters. The Morgan fingerprint density at radius 3 is 2.74 bits per heavy atom. The van der Waals surface area contributed by atoms with Crippen molar-refractivity contribution in [3.63, 3.8) is 0 Å². The van der Waals surface area contributed by atoms with Crippen LogP contribution in [0.4, 0.5) is 13.2 Å². The second-order valence-electron chi connectivity index (χ2n) is 4.80. The quantitative estimate of drug-likeness (QED) is 0.717. The number of nitrogens with one attached hydrogen (secondary N) is 2. The van der Waals surface area contributed by atoms with Gasteiger partial charge in [-0.1, -0.05) is 0 Å². The largest absolute Gasteiger partial charge is 0.389 e. The van der Waals surface area contributed by atoms with Crippen LogP contribution in [0.1, 0.15) is 25.7 Å². The molecule has 1 fully saturated rings. The molecule has 0 aromatic heterocycles. The van der Waals surface area contributed by atoms with Crippen LogP contribution in [-0.4, -0.2) is 56.3 Å². The zero-order chi connectivity index (χ0) is 14.1. The average molecular weight is 281 g/mol. The molecule has 1 heterocycles. The fourth-order valence-electron chi connectivity index (χ4n) is 2.00. The second kappa shape index (κ2) is 8.37. The van der Waals surface area contributed by atoms with Crippen molar-refractivity contribution in [3.05, 3.63) is 0 Å². The predicted octanol–water partition coefficient (Wildman–Crippen LogP) is 1.13. The molecule has 4 nitrogen and oxygen atoms in total. The summed E-state index contributed by atoms with van der Waals surface area (Å²) in [6.45, 7) is 4.21. The van der Waals surface area contributed by atoms with Crippen molar-refractivity contribution in [2.45, 2.75) is 31.9 Å². The molecular formula is C12H22F3N3O. The molecule has 0 aromatic carbocycles. The third kappa shape index (κ3) is 8.83. The van der Waals surface area contributed by atoms with Gasteiger partial charge >= 0.3 is 6.18 Å². The standard InChI is InChI=1S/C12H22F3N3O/c13-12(14,15)4-1-2-6-17-11(19)10-18-8-3-5-16-7-9-18/h16H,1-10H2,(H,17,19). The van der Waals surface area contributed by atoms with Gasteiger partial charge in [0.05, 0.1) is 6.54 Å². The summed E-state index contributed by atoms with van der Waals surface area (Å²) in [7, 11) is 0. The zero-order valence-corrected chi connectivity index (χ0v) is 11.1. The van der Waals surface area contributed by atoms with Gasteiger partial charge < -0.3 is 10.6 Å². The molecule has 0 saturated carbocycles. The minimum Gasteiger partial charge on any atom is -0.355 e. The summed E-state index contributed by atoms with van der Waals surface area (Å²) in [6, 6.07) is 0. The monoisotopic (exact) mass is 281 g/mol. The molecule has 2 N–H and O–H groups in total. The molecule has 0 aliphatic carbocycles. The number of hydrogen-bond donors (Lipinski definition) is 2. The molecule has 7 heteroatoms. The molecule has 0 spiro atoms. The summed E-state index contributed by atoms with van der Waals surface area (Å²) in [5.41, 5.74) is 0. The lowest BCUT2D eigenvalue weighted by molar-refractivity contribution is -0.135. The van der Waals surface area contributed by atoms with E-state index in [0.29, 0.717) is 19.5 Å². The highest BCUT2D eigenvalue weighted by atomic mass is 19.4. The van der Waals surface area contributed by atoms with Gasteiger partial charge in [-0.15, -0.1) is 0 Å². The molecular weight excluding hydrogens is 259 g/mol. The number of rotatable bonds is 6. The molecule has 112 valence electrons. The SMILES string of the molecule is O=C(CN1CCCNCC1)NCCCCC(F)(F)F. The van der Waals surface area contributed by atoms with Gasteiger partial charge in [-0.05, 0) is 32.4 Å². The third-order valence-electron chi connectivity index (χ3n) is 3.01. The van der Waals surface area contributed by atoms with Gasteiger partial charge in [0.15, 0.2) is 0 Å². The summed E-state index contributed by atoms with van der Waals surface area (Å²) in [5.74, 6) is -0.103. The fourth-order valence-corrected chi connectivity index (χ4v) is 2.00. The summed E-state index contributed by atoms with van der Waals surface area (Å²) in [4.78, 5) is 13.6. The van der Waals surface area contributed by atoms with E-state index in [1.165, 1.54) is 0 Å². The van der Waals surface area contributed by atoms with E-state index < -0.39 is 12.6 Å². The van der Waals surface area contributed by atoms with Crippen LogP contribution >= 0.6 is 0 Å². The Labute approximate surface area is 111 Å². The molecule has 0 radical (unpaired) electrons. The minimum absolute atomic E-state index is 0.0669. The van der Waals surface area contributed by atoms with Crippen LogP contribution in [-0.2, 0) is 4.79 Å². The van der Waals surface area contributed by atoms with Crippen LogP contribution in [0, 0.1) is 0 Å². The molecule has 1 aliphatic rings. The lowest BCUT2D eigenvalue weighted by Gasteiger charge is -2.18. The number of unbranched alkanes of at least 4 members (excludes halogenated alkanes) is 1. The topological polar surface area (TPSA) is 44.4 Å². The number of carbonyl (C=O) groups is 1. The Morgan fingerprint density at radius 1 is 1.21 bits per heavy atom. The van der Waals surface area contributed by atoms with Crippen molar-refractivity contribution in [1.82, 2.24) is 15.5 Å². The maximum absolute atomic E-state index is 11.9. The molecule has 0 aromatic rings. The Morgan fingerprint density at radius 2 is 2.00 bits per heavy atom. The predicted molar refractivity (Wildman–Crippen MR) is 66.8 cm³/mol. The Kier molecular flexibility index (Phi) is 7.15. The van der Waals surface area contributed by atoms with E-state index in [2.05, 4.69) is 15.5 Å². The van der Waals surface area contributed by atoms with Crippen LogP contribution in [0.2, 0.25) is 0 Å². The van der Waals surface area contributed by atoms with Crippen molar-refractivity contribution in [1.29, 1.82) is 0 Å². The summed E-state index contributed by atoms with van der Waals surface area (Å²) in [6.07, 6.45) is -3.42. The van der Waals surface area contributed by atoms with Crippen LogP contribution in [0.15, 0.2) is 0 Å².